The van der Waals surface area contributed by atoms with Gasteiger partial charge >= 0.3 is 0 Å². The van der Waals surface area contributed by atoms with Gasteiger partial charge in [0, 0.05) is 0 Å². The van der Waals surface area contributed by atoms with Crippen LogP contribution in [0.2, 0.25) is 0 Å². The first-order valence-corrected chi connectivity index (χ1v) is 1.50. The van der Waals surface area contributed by atoms with Crippen LogP contribution in [0.5, 0.6) is 0 Å². The van der Waals surface area contributed by atoms with Crippen molar-refractivity contribution >= 4 is 0 Å². The molecular weight excluding hydrogens is 306 g/mol. The summed E-state index contributed by atoms with van der Waals surface area (Å²) in [5, 5.41) is 0. The van der Waals surface area contributed by atoms with E-state index in [1.54, 1.807) is 0 Å². The van der Waals surface area contributed by atoms with Gasteiger partial charge in [0.05, 0.1) is 0 Å². The van der Waals surface area contributed by atoms with Crippen molar-refractivity contribution in [3.05, 3.63) is 0 Å². The normalized spacial score (nSPS) is 3.75. The average Bonchev–Trinajstić information content (AvgIpc) is 1.37. The quantitative estimate of drug-likeness (QED) is 0.428. The van der Waals surface area contributed by atoms with Crippen LogP contribution in [0.15, 0.2) is 0 Å². The number of halogens is 3. The first kappa shape index (κ1) is 34.6. The van der Waals surface area contributed by atoms with Crippen LogP contribution >= 0.6 is 0 Å². The van der Waals surface area contributed by atoms with Crippen LogP contribution in [-0.2, 0) is 0 Å². The Bertz CT molecular complexity index is 14.5. The van der Waals surface area contributed by atoms with Gasteiger partial charge in [-0.3, -0.25) is 0 Å². The lowest BCUT2D eigenvalue weighted by molar-refractivity contribution is -0.453. The van der Waals surface area contributed by atoms with E-state index in [2.05, 4.69) is 11.5 Å². The molecule has 0 atom stereocenters. The van der Waals surface area contributed by atoms with Gasteiger partial charge in [0.1, 0.15) is 13.1 Å². The van der Waals surface area contributed by atoms with Gasteiger partial charge < -0.3 is 68.6 Å². The maximum Gasteiger partial charge on any atom is 0.124 e. The van der Waals surface area contributed by atoms with Crippen LogP contribution in [0.3, 0.4) is 0 Å². The molecule has 0 saturated carbocycles. The van der Waals surface area contributed by atoms with Crippen molar-refractivity contribution in [3.8, 4) is 0 Å². The minimum atomic E-state index is 0. The lowest BCUT2D eigenvalue weighted by atomic mass is 10.7. The molecule has 0 spiro atoms. The zero-order valence-electron chi connectivity index (χ0n) is 4.96. The zero-order valence-corrected chi connectivity index (χ0v) is 9.72. The van der Waals surface area contributed by atoms with Crippen LogP contribution < -0.4 is 68.6 Å². The van der Waals surface area contributed by atoms with Crippen LogP contribution in [-0.4, -0.2) is 13.1 Å². The minimum Gasteiger partial charge on any atom is -1.00 e. The second-order valence-electron chi connectivity index (χ2n) is 0.707. The maximum atomic E-state index is 3.54. The number of quaternary nitrogens is 3. The molecule has 0 aromatic carbocycles. The van der Waals surface area contributed by atoms with Gasteiger partial charge in [-0.05, 0) is 0 Å². The molecule has 0 aromatic rings. The highest BCUT2D eigenvalue weighted by Gasteiger charge is 1.63. The fraction of sp³-hybridized carbons (Fsp3) is 1.00. The predicted molar refractivity (Wildman–Crippen MR) is 21.5 cm³/mol. The van der Waals surface area contributed by atoms with E-state index in [0.717, 1.165) is 13.1 Å². The molecule has 0 fully saturated rings. The van der Waals surface area contributed by atoms with E-state index in [1.165, 1.54) is 0 Å². The van der Waals surface area contributed by atoms with Crippen molar-refractivity contribution in [2.45, 2.75) is 0 Å². The van der Waals surface area contributed by atoms with E-state index >= 15 is 0 Å². The Balaban J connectivity index is -0.00000000750. The van der Waals surface area contributed by atoms with Crippen molar-refractivity contribution in [2.75, 3.05) is 13.1 Å². The largest absolute Gasteiger partial charge is 1.00 e. The summed E-state index contributed by atoms with van der Waals surface area (Å²) in [5.74, 6) is 0. The molecule has 8 heavy (non-hydrogen) atoms. The maximum absolute atomic E-state index is 3.54. The molecule has 0 rings (SSSR count). The predicted octanol–water partition coefficient (Wildman–Crippen LogP) is -11.1. The average molecular weight is 320 g/mol. The summed E-state index contributed by atoms with van der Waals surface area (Å²) in [6.07, 6.45) is 0. The van der Waals surface area contributed by atoms with E-state index in [9.17, 15) is 0 Å². The highest BCUT2D eigenvalue weighted by Crippen LogP contribution is 1.12. The second kappa shape index (κ2) is 40.4. The lowest BCUT2D eigenvalue weighted by Gasteiger charge is -1.65. The molecular formula is C2H14Br3N3. The van der Waals surface area contributed by atoms with Gasteiger partial charge in [0.15, 0.2) is 0 Å². The monoisotopic (exact) mass is 317 g/mol. The third kappa shape index (κ3) is 54.3. The van der Waals surface area contributed by atoms with Crippen molar-refractivity contribution < 1.29 is 62.4 Å². The standard InChI is InChI=1S/C2H8N2.3BrH.H3N/c3-1-2-4;;;;/h1-4H2;3*1H;1H3. The highest BCUT2D eigenvalue weighted by molar-refractivity contribution is 4.00. The molecule has 0 unspecified atom stereocenters. The van der Waals surface area contributed by atoms with Crippen LogP contribution in [0.25, 0.3) is 0 Å². The number of hydrogen-bond donors (Lipinski definition) is 3. The van der Waals surface area contributed by atoms with Crippen LogP contribution in [0, 0.1) is 0 Å². The summed E-state index contributed by atoms with van der Waals surface area (Å²) in [4.78, 5) is 0. The molecule has 0 saturated heterocycles. The molecule has 0 aromatic heterocycles. The van der Waals surface area contributed by atoms with Crippen LogP contribution in [0.4, 0.5) is 0 Å². The topological polar surface area (TPSA) is 91.8 Å². The Kier molecular flexibility index (Phi) is 175. The van der Waals surface area contributed by atoms with E-state index < -0.39 is 0 Å². The third-order valence-electron chi connectivity index (χ3n) is 0.250. The molecule has 10 N–H and O–H groups in total. The van der Waals surface area contributed by atoms with Crippen molar-refractivity contribution in [2.24, 2.45) is 0 Å². The number of rotatable bonds is 1. The molecule has 0 aliphatic rings. The van der Waals surface area contributed by atoms with E-state index in [1.807, 2.05) is 0 Å². The molecule has 0 heterocycles. The summed E-state index contributed by atoms with van der Waals surface area (Å²) in [6.45, 7) is 1.92. The summed E-state index contributed by atoms with van der Waals surface area (Å²) in [5.41, 5.74) is 7.08. The Hall–Kier alpha value is 1.32. The third-order valence-corrected chi connectivity index (χ3v) is 0.250. The van der Waals surface area contributed by atoms with E-state index in [0.29, 0.717) is 0 Å². The van der Waals surface area contributed by atoms with Gasteiger partial charge in [0.2, 0.25) is 0 Å². The minimum absolute atomic E-state index is 0. The molecule has 0 aliphatic carbocycles. The van der Waals surface area contributed by atoms with E-state index in [4.69, 9.17) is 0 Å². The van der Waals surface area contributed by atoms with E-state index in [-0.39, 0.29) is 57.1 Å². The molecule has 0 bridgehead atoms. The molecule has 3 nitrogen and oxygen atoms in total. The van der Waals surface area contributed by atoms with Crippen molar-refractivity contribution in [1.82, 2.24) is 6.15 Å². The van der Waals surface area contributed by atoms with Gasteiger partial charge in [-0.2, -0.15) is 0 Å². The smallest absolute Gasteiger partial charge is 0.124 e. The Labute approximate surface area is 81.5 Å². The van der Waals surface area contributed by atoms with Gasteiger partial charge in [-0.1, -0.05) is 0 Å². The van der Waals surface area contributed by atoms with Crippen LogP contribution in [0.1, 0.15) is 0 Å². The molecule has 0 radical (unpaired) electrons. The summed E-state index contributed by atoms with van der Waals surface area (Å²) in [7, 11) is 0. The fourth-order valence-electron chi connectivity index (χ4n) is 0. The van der Waals surface area contributed by atoms with Gasteiger partial charge in [-0.15, -0.1) is 0 Å². The molecule has 0 amide bonds. The Morgan fingerprint density at radius 1 is 0.750 bits per heavy atom. The molecule has 6 heteroatoms. The van der Waals surface area contributed by atoms with Gasteiger partial charge in [-0.25, -0.2) is 0 Å². The zero-order chi connectivity index (χ0) is 3.41. The summed E-state index contributed by atoms with van der Waals surface area (Å²) >= 11 is 0. The van der Waals surface area contributed by atoms with Crippen molar-refractivity contribution in [3.63, 3.8) is 0 Å². The molecule has 58 valence electrons. The highest BCUT2D eigenvalue weighted by atomic mass is 79.9. The number of hydrogen-bond acceptors (Lipinski definition) is 0. The first-order valence-electron chi connectivity index (χ1n) is 1.50. The SMILES string of the molecule is [Br-].[Br-].[Br-].[NH3+]CC[NH3+].[NH4+]. The summed E-state index contributed by atoms with van der Waals surface area (Å²) in [6, 6.07) is 0. The first-order chi connectivity index (χ1) is 1.91. The Morgan fingerprint density at radius 3 is 0.875 bits per heavy atom. The second-order valence-corrected chi connectivity index (χ2v) is 0.707. The molecule has 0 aliphatic heterocycles. The van der Waals surface area contributed by atoms with Gasteiger partial charge in [0.25, 0.3) is 0 Å². The lowest BCUT2D eigenvalue weighted by Crippen LogP contribution is -3.00. The summed E-state index contributed by atoms with van der Waals surface area (Å²) < 4.78 is 0. The Morgan fingerprint density at radius 2 is 0.875 bits per heavy atom. The van der Waals surface area contributed by atoms with Crippen molar-refractivity contribution in [1.29, 1.82) is 0 Å². The fourth-order valence-corrected chi connectivity index (χ4v) is 0.